The van der Waals surface area contributed by atoms with E-state index in [0.29, 0.717) is 23.5 Å². The van der Waals surface area contributed by atoms with Gasteiger partial charge in [0.2, 0.25) is 0 Å². The van der Waals surface area contributed by atoms with Crippen molar-refractivity contribution in [2.45, 2.75) is 46.0 Å². The summed E-state index contributed by atoms with van der Waals surface area (Å²) in [7, 11) is 0. The molecule has 0 bridgehead atoms. The molecule has 1 aliphatic rings. The fourth-order valence-corrected chi connectivity index (χ4v) is 3.56. The normalized spacial score (nSPS) is 11.8. The van der Waals surface area contributed by atoms with Crippen LogP contribution in [0.15, 0.2) is 60.7 Å². The topological polar surface area (TPSA) is 52.6 Å². The largest absolute Gasteiger partial charge is 0.462 e. The van der Waals surface area contributed by atoms with Gasteiger partial charge in [0, 0.05) is 11.1 Å². The van der Waals surface area contributed by atoms with Crippen molar-refractivity contribution in [3.63, 3.8) is 0 Å². The van der Waals surface area contributed by atoms with Gasteiger partial charge in [-0.3, -0.25) is 0 Å². The van der Waals surface area contributed by atoms with Crippen LogP contribution in [0, 0.1) is 0 Å². The molecular formula is C26H28O4. The predicted molar refractivity (Wildman–Crippen MR) is 118 cm³/mol. The van der Waals surface area contributed by atoms with Crippen LogP contribution in [0.3, 0.4) is 0 Å². The van der Waals surface area contributed by atoms with Gasteiger partial charge in [0.25, 0.3) is 0 Å². The molecule has 1 aliphatic carbocycles. The number of hydrogen-bond donors (Lipinski definition) is 0. The van der Waals surface area contributed by atoms with Crippen LogP contribution in [0.2, 0.25) is 0 Å². The van der Waals surface area contributed by atoms with Crippen molar-refractivity contribution in [3.05, 3.63) is 77.4 Å². The van der Waals surface area contributed by atoms with E-state index in [2.05, 4.69) is 31.4 Å². The molecule has 156 valence electrons. The van der Waals surface area contributed by atoms with Gasteiger partial charge in [-0.1, -0.05) is 37.4 Å². The molecule has 30 heavy (non-hydrogen) atoms. The monoisotopic (exact) mass is 404 g/mol. The molecule has 0 heterocycles. The summed E-state index contributed by atoms with van der Waals surface area (Å²) in [6.07, 6.45) is 4.65. The molecular weight excluding hydrogens is 376 g/mol. The maximum Gasteiger partial charge on any atom is 0.338 e. The van der Waals surface area contributed by atoms with Crippen LogP contribution in [-0.2, 0) is 33.6 Å². The van der Waals surface area contributed by atoms with Crippen molar-refractivity contribution in [1.82, 2.24) is 0 Å². The van der Waals surface area contributed by atoms with E-state index in [1.54, 1.807) is 13.8 Å². The Balaban J connectivity index is 1.61. The Kier molecular flexibility index (Phi) is 6.88. The van der Waals surface area contributed by atoms with Crippen molar-refractivity contribution in [2.24, 2.45) is 0 Å². The number of aryl methyl sites for hydroxylation is 3. The highest BCUT2D eigenvalue weighted by Crippen LogP contribution is 2.36. The van der Waals surface area contributed by atoms with Crippen LogP contribution in [0.4, 0.5) is 0 Å². The van der Waals surface area contributed by atoms with Gasteiger partial charge in [-0.25, -0.2) is 9.59 Å². The van der Waals surface area contributed by atoms with E-state index in [-0.39, 0.29) is 5.97 Å². The standard InChI is InChI=1S/C26H28O4/c1-17(2)25(27)29-14-6-5-7-19-8-12-23-20(15-19)9-10-21-16-22(11-13-24(21)23)30-26(28)18(3)4/h8,11-13,15-16H,1,3,5-7,9-10,14H2,2,4H3. The van der Waals surface area contributed by atoms with Crippen molar-refractivity contribution < 1.29 is 19.1 Å². The fraction of sp³-hybridized carbons (Fsp3) is 0.308. The van der Waals surface area contributed by atoms with Crippen molar-refractivity contribution >= 4 is 11.9 Å². The van der Waals surface area contributed by atoms with Crippen LogP contribution < -0.4 is 4.74 Å². The highest BCUT2D eigenvalue weighted by Gasteiger charge is 2.18. The van der Waals surface area contributed by atoms with E-state index < -0.39 is 5.97 Å². The Morgan fingerprint density at radius 1 is 0.867 bits per heavy atom. The summed E-state index contributed by atoms with van der Waals surface area (Å²) in [5.74, 6) is -0.153. The lowest BCUT2D eigenvalue weighted by atomic mass is 9.84. The van der Waals surface area contributed by atoms with Crippen molar-refractivity contribution in [3.8, 4) is 16.9 Å². The zero-order valence-electron chi connectivity index (χ0n) is 17.8. The number of benzene rings is 2. The average Bonchev–Trinajstić information content (AvgIpc) is 2.72. The van der Waals surface area contributed by atoms with Crippen molar-refractivity contribution in [2.75, 3.05) is 6.61 Å². The number of esters is 2. The number of carbonyl (C=O) groups excluding carboxylic acids is 2. The first-order valence-electron chi connectivity index (χ1n) is 10.3. The first-order valence-corrected chi connectivity index (χ1v) is 10.3. The molecule has 0 N–H and O–H groups in total. The number of ether oxygens (including phenoxy) is 2. The average molecular weight is 405 g/mol. The maximum absolute atomic E-state index is 11.8. The summed E-state index contributed by atoms with van der Waals surface area (Å²) in [4.78, 5) is 23.1. The highest BCUT2D eigenvalue weighted by atomic mass is 16.5. The SMILES string of the molecule is C=C(C)C(=O)OCCCCc1ccc2c(c1)CCc1cc(OC(=O)C(=C)C)ccc1-2. The van der Waals surface area contributed by atoms with Crippen LogP contribution in [-0.4, -0.2) is 18.5 Å². The summed E-state index contributed by atoms with van der Waals surface area (Å²) in [6, 6.07) is 12.5. The molecule has 0 aliphatic heterocycles. The summed E-state index contributed by atoms with van der Waals surface area (Å²) < 4.78 is 10.5. The van der Waals surface area contributed by atoms with E-state index in [9.17, 15) is 9.59 Å². The number of rotatable bonds is 8. The molecule has 0 aromatic heterocycles. The zero-order chi connectivity index (χ0) is 21.7. The molecule has 0 saturated carbocycles. The van der Waals surface area contributed by atoms with Gasteiger partial charge in [-0.2, -0.15) is 0 Å². The molecule has 4 nitrogen and oxygen atoms in total. The summed E-state index contributed by atoms with van der Waals surface area (Å²) >= 11 is 0. The lowest BCUT2D eigenvalue weighted by Crippen LogP contribution is -2.10. The molecule has 0 radical (unpaired) electrons. The molecule has 2 aromatic rings. The fourth-order valence-electron chi connectivity index (χ4n) is 3.56. The highest BCUT2D eigenvalue weighted by molar-refractivity contribution is 5.89. The third-order valence-corrected chi connectivity index (χ3v) is 5.20. The molecule has 3 rings (SSSR count). The van der Waals surface area contributed by atoms with Crippen molar-refractivity contribution in [1.29, 1.82) is 0 Å². The molecule has 0 saturated heterocycles. The lowest BCUT2D eigenvalue weighted by molar-refractivity contribution is -0.139. The van der Waals surface area contributed by atoms with E-state index in [4.69, 9.17) is 9.47 Å². The molecule has 2 aromatic carbocycles. The molecule has 0 spiro atoms. The van der Waals surface area contributed by atoms with E-state index >= 15 is 0 Å². The Bertz CT molecular complexity index is 1000. The van der Waals surface area contributed by atoms with Crippen LogP contribution in [0.1, 0.15) is 43.4 Å². The number of unbranched alkanes of at least 4 members (excludes halogenated alkanes) is 1. The minimum absolute atomic E-state index is 0.319. The second kappa shape index (κ2) is 9.57. The third-order valence-electron chi connectivity index (χ3n) is 5.20. The van der Waals surface area contributed by atoms with Crippen LogP contribution in [0.5, 0.6) is 5.75 Å². The Morgan fingerprint density at radius 2 is 1.50 bits per heavy atom. The van der Waals surface area contributed by atoms with Crippen LogP contribution >= 0.6 is 0 Å². The second-order valence-corrected chi connectivity index (χ2v) is 7.85. The Hall–Kier alpha value is -3.14. The van der Waals surface area contributed by atoms with E-state index in [1.165, 1.54) is 27.8 Å². The summed E-state index contributed by atoms with van der Waals surface area (Å²) in [6.45, 7) is 10.9. The van der Waals surface area contributed by atoms with Gasteiger partial charge in [0.1, 0.15) is 5.75 Å². The molecule has 0 amide bonds. The molecule has 0 atom stereocenters. The number of hydrogen-bond acceptors (Lipinski definition) is 4. The molecule has 0 unspecified atom stereocenters. The first-order chi connectivity index (χ1) is 14.3. The van der Waals surface area contributed by atoms with E-state index in [0.717, 1.165) is 32.1 Å². The number of fused-ring (bicyclic) bond motifs is 3. The predicted octanol–water partition coefficient (Wildman–Crippen LogP) is 5.38. The minimum atomic E-state index is -0.398. The Morgan fingerprint density at radius 3 is 2.17 bits per heavy atom. The van der Waals surface area contributed by atoms with Gasteiger partial charge < -0.3 is 9.47 Å². The summed E-state index contributed by atoms with van der Waals surface area (Å²) in [5, 5.41) is 0. The van der Waals surface area contributed by atoms with Gasteiger partial charge in [0.15, 0.2) is 0 Å². The van der Waals surface area contributed by atoms with Gasteiger partial charge in [0.05, 0.1) is 6.61 Å². The zero-order valence-corrected chi connectivity index (χ0v) is 17.8. The molecule has 0 fully saturated rings. The lowest BCUT2D eigenvalue weighted by Gasteiger charge is -2.21. The third kappa shape index (κ3) is 5.26. The molecule has 4 heteroatoms. The van der Waals surface area contributed by atoms with Gasteiger partial charge in [-0.15, -0.1) is 0 Å². The van der Waals surface area contributed by atoms with Crippen LogP contribution in [0.25, 0.3) is 11.1 Å². The minimum Gasteiger partial charge on any atom is -0.462 e. The van der Waals surface area contributed by atoms with Gasteiger partial charge >= 0.3 is 11.9 Å². The second-order valence-electron chi connectivity index (χ2n) is 7.85. The van der Waals surface area contributed by atoms with E-state index in [1.807, 2.05) is 18.2 Å². The first kappa shape index (κ1) is 21.6. The quantitative estimate of drug-likeness (QED) is 0.257. The number of carbonyl (C=O) groups is 2. The summed E-state index contributed by atoms with van der Waals surface area (Å²) in [5.41, 5.74) is 7.11. The Labute approximate surface area is 178 Å². The van der Waals surface area contributed by atoms with Gasteiger partial charge in [-0.05, 0) is 85.9 Å². The maximum atomic E-state index is 11.8. The smallest absolute Gasteiger partial charge is 0.338 e.